The number of pyridine rings is 1. The summed E-state index contributed by atoms with van der Waals surface area (Å²) in [6, 6.07) is 15.2. The molecule has 1 aromatic carbocycles. The number of rotatable bonds is 5. The van der Waals surface area contributed by atoms with Crippen LogP contribution in [0.25, 0.3) is 22.2 Å². The van der Waals surface area contributed by atoms with Gasteiger partial charge >= 0.3 is 0 Å². The maximum Gasteiger partial charge on any atom is 0.228 e. The topological polar surface area (TPSA) is 100 Å². The van der Waals surface area contributed by atoms with Gasteiger partial charge in [-0.1, -0.05) is 24.1 Å². The number of nitrogens with one attached hydrogen (secondary N) is 1. The number of aliphatic hydroxyl groups is 1. The van der Waals surface area contributed by atoms with E-state index in [0.29, 0.717) is 33.8 Å². The van der Waals surface area contributed by atoms with Crippen LogP contribution in [0.1, 0.15) is 17.7 Å². The molecule has 5 aromatic rings. The third-order valence-corrected chi connectivity index (χ3v) is 6.17. The van der Waals surface area contributed by atoms with Crippen LogP contribution in [-0.2, 0) is 5.60 Å². The van der Waals surface area contributed by atoms with E-state index in [1.165, 1.54) is 11.3 Å². The number of aromatic nitrogens is 4. The summed E-state index contributed by atoms with van der Waals surface area (Å²) in [5.74, 6) is 8.15. The van der Waals surface area contributed by atoms with Crippen molar-refractivity contribution in [3.05, 3.63) is 77.1 Å². The lowest BCUT2D eigenvalue weighted by molar-refractivity contribution is 0.121. The standard InChI is InChI=1S/C26H22N6O2S/c1-26(33,24-27-14-15-35-24)12-10-18-16-17-6-4-7-19(23(17)34-18)20-11-13-28-25(29-20)31-21-8-5-9-22(30-21)32(2)3/h4-9,11,13-16,33H,1-3H3,(H,28,29,30,31). The Kier molecular flexibility index (Phi) is 5.91. The average Bonchev–Trinajstić information content (AvgIpc) is 3.54. The number of para-hydroxylation sites is 1. The van der Waals surface area contributed by atoms with Crippen LogP contribution in [0.4, 0.5) is 17.6 Å². The monoisotopic (exact) mass is 482 g/mol. The van der Waals surface area contributed by atoms with Crippen molar-refractivity contribution in [1.29, 1.82) is 0 Å². The highest BCUT2D eigenvalue weighted by atomic mass is 32.1. The lowest BCUT2D eigenvalue weighted by Crippen LogP contribution is -2.17. The Labute approximate surface area is 206 Å². The summed E-state index contributed by atoms with van der Waals surface area (Å²) < 4.78 is 6.07. The summed E-state index contributed by atoms with van der Waals surface area (Å²) in [7, 11) is 3.87. The highest BCUT2D eigenvalue weighted by Crippen LogP contribution is 2.31. The van der Waals surface area contributed by atoms with Crippen LogP contribution < -0.4 is 10.2 Å². The minimum Gasteiger partial charge on any atom is -0.447 e. The predicted molar refractivity (Wildman–Crippen MR) is 138 cm³/mol. The van der Waals surface area contributed by atoms with Gasteiger partial charge in [-0.25, -0.2) is 19.9 Å². The fraction of sp³-hybridized carbons (Fsp3) is 0.154. The molecule has 4 heterocycles. The summed E-state index contributed by atoms with van der Waals surface area (Å²) in [4.78, 5) is 19.7. The van der Waals surface area contributed by atoms with Gasteiger partial charge in [0.1, 0.15) is 22.2 Å². The number of furan rings is 1. The lowest BCUT2D eigenvalue weighted by Gasteiger charge is -2.12. The van der Waals surface area contributed by atoms with Crippen molar-refractivity contribution in [1.82, 2.24) is 19.9 Å². The van der Waals surface area contributed by atoms with Gasteiger partial charge in [0, 0.05) is 48.9 Å². The van der Waals surface area contributed by atoms with Gasteiger partial charge in [0.2, 0.25) is 5.95 Å². The van der Waals surface area contributed by atoms with Gasteiger partial charge in [-0.15, -0.1) is 11.3 Å². The van der Waals surface area contributed by atoms with Gasteiger partial charge in [-0.2, -0.15) is 0 Å². The molecular weight excluding hydrogens is 460 g/mol. The van der Waals surface area contributed by atoms with Gasteiger partial charge in [-0.05, 0) is 37.1 Å². The van der Waals surface area contributed by atoms with E-state index in [0.717, 1.165) is 16.8 Å². The van der Waals surface area contributed by atoms with Crippen LogP contribution >= 0.6 is 11.3 Å². The number of benzene rings is 1. The first kappa shape index (κ1) is 22.5. The first-order valence-corrected chi connectivity index (χ1v) is 11.7. The second-order valence-electron chi connectivity index (χ2n) is 8.16. The molecule has 2 N–H and O–H groups in total. The van der Waals surface area contributed by atoms with Gasteiger partial charge in [-0.3, -0.25) is 0 Å². The Balaban J connectivity index is 1.46. The Morgan fingerprint density at radius 2 is 1.91 bits per heavy atom. The highest BCUT2D eigenvalue weighted by Gasteiger charge is 2.23. The molecule has 0 fully saturated rings. The zero-order chi connectivity index (χ0) is 24.4. The molecule has 0 aliphatic carbocycles. The van der Waals surface area contributed by atoms with Gasteiger partial charge < -0.3 is 19.7 Å². The molecule has 0 saturated heterocycles. The van der Waals surface area contributed by atoms with E-state index in [4.69, 9.17) is 4.42 Å². The van der Waals surface area contributed by atoms with Gasteiger partial charge in [0.05, 0.1) is 5.69 Å². The number of nitrogens with zero attached hydrogens (tertiary/aromatic N) is 5. The van der Waals surface area contributed by atoms with Gasteiger partial charge in [0.15, 0.2) is 11.4 Å². The quantitative estimate of drug-likeness (QED) is 0.344. The molecule has 0 spiro atoms. The number of hydrogen-bond acceptors (Lipinski definition) is 9. The van der Waals surface area contributed by atoms with E-state index in [2.05, 4.69) is 37.1 Å². The maximum absolute atomic E-state index is 10.6. The molecule has 1 unspecified atom stereocenters. The molecule has 0 amide bonds. The Morgan fingerprint density at radius 3 is 2.71 bits per heavy atom. The van der Waals surface area contributed by atoms with Crippen LogP contribution in [0.2, 0.25) is 0 Å². The van der Waals surface area contributed by atoms with Crippen molar-refractivity contribution >= 4 is 39.9 Å². The van der Waals surface area contributed by atoms with Gasteiger partial charge in [0.25, 0.3) is 0 Å². The van der Waals surface area contributed by atoms with Crippen molar-refractivity contribution in [2.75, 3.05) is 24.3 Å². The third-order valence-electron chi connectivity index (χ3n) is 5.19. The van der Waals surface area contributed by atoms with Crippen molar-refractivity contribution in [3.63, 3.8) is 0 Å². The molecule has 174 valence electrons. The molecule has 0 saturated carbocycles. The SMILES string of the molecule is CN(C)c1cccc(Nc2nccc(-c3cccc4cc(C#CC(C)(O)c5nccs5)oc34)n2)n1. The number of hydrogen-bond donors (Lipinski definition) is 2. The molecular formula is C26H22N6O2S. The minimum absolute atomic E-state index is 0.425. The van der Waals surface area contributed by atoms with Crippen molar-refractivity contribution in [3.8, 4) is 23.1 Å². The molecule has 8 nitrogen and oxygen atoms in total. The van der Waals surface area contributed by atoms with Crippen LogP contribution in [0.15, 0.2) is 70.7 Å². The van der Waals surface area contributed by atoms with Crippen LogP contribution in [0.3, 0.4) is 0 Å². The maximum atomic E-state index is 10.6. The van der Waals surface area contributed by atoms with E-state index in [-0.39, 0.29) is 0 Å². The Hall–Kier alpha value is -4.26. The van der Waals surface area contributed by atoms with Crippen molar-refractivity contribution in [2.24, 2.45) is 0 Å². The number of anilines is 3. The molecule has 4 aromatic heterocycles. The largest absolute Gasteiger partial charge is 0.447 e. The molecule has 5 rings (SSSR count). The van der Waals surface area contributed by atoms with E-state index in [1.54, 1.807) is 24.7 Å². The highest BCUT2D eigenvalue weighted by molar-refractivity contribution is 7.09. The Bertz CT molecular complexity index is 1550. The van der Waals surface area contributed by atoms with E-state index >= 15 is 0 Å². The van der Waals surface area contributed by atoms with Crippen molar-refractivity contribution < 1.29 is 9.52 Å². The van der Waals surface area contributed by atoms with Crippen molar-refractivity contribution in [2.45, 2.75) is 12.5 Å². The number of fused-ring (bicyclic) bond motifs is 1. The zero-order valence-corrected chi connectivity index (χ0v) is 20.2. The fourth-order valence-corrected chi connectivity index (χ4v) is 4.11. The summed E-state index contributed by atoms with van der Waals surface area (Å²) in [5, 5.41) is 17.0. The van der Waals surface area contributed by atoms with Crippen LogP contribution in [0, 0.1) is 11.8 Å². The second kappa shape index (κ2) is 9.18. The molecule has 0 bridgehead atoms. The summed E-state index contributed by atoms with van der Waals surface area (Å²) >= 11 is 1.35. The molecule has 0 aliphatic heterocycles. The normalized spacial score (nSPS) is 12.6. The minimum atomic E-state index is -1.36. The third kappa shape index (κ3) is 4.84. The molecule has 0 radical (unpaired) electrons. The number of thiazole rings is 1. The molecule has 35 heavy (non-hydrogen) atoms. The Morgan fingerprint density at radius 1 is 1.06 bits per heavy atom. The smallest absolute Gasteiger partial charge is 0.228 e. The summed E-state index contributed by atoms with van der Waals surface area (Å²) in [5.41, 5.74) is 0.799. The lowest BCUT2D eigenvalue weighted by atomic mass is 10.1. The van der Waals surface area contributed by atoms with E-state index < -0.39 is 5.60 Å². The second-order valence-corrected chi connectivity index (χ2v) is 9.05. The average molecular weight is 483 g/mol. The summed E-state index contributed by atoms with van der Waals surface area (Å²) in [6.45, 7) is 1.62. The van der Waals surface area contributed by atoms with Crippen LogP contribution in [-0.4, -0.2) is 39.1 Å². The molecule has 1 atom stereocenters. The first-order valence-electron chi connectivity index (χ1n) is 10.8. The van der Waals surface area contributed by atoms with Crippen LogP contribution in [0.5, 0.6) is 0 Å². The van der Waals surface area contributed by atoms with E-state index in [1.807, 2.05) is 67.5 Å². The molecule has 0 aliphatic rings. The fourth-order valence-electron chi connectivity index (χ4n) is 3.45. The zero-order valence-electron chi connectivity index (χ0n) is 19.4. The first-order chi connectivity index (χ1) is 16.9. The summed E-state index contributed by atoms with van der Waals surface area (Å²) in [6.07, 6.45) is 3.33. The predicted octanol–water partition coefficient (Wildman–Crippen LogP) is 4.81. The molecule has 9 heteroatoms. The van der Waals surface area contributed by atoms with E-state index in [9.17, 15) is 5.11 Å².